The van der Waals surface area contributed by atoms with Crippen molar-refractivity contribution in [2.75, 3.05) is 10.5 Å². The van der Waals surface area contributed by atoms with Gasteiger partial charge in [-0.15, -0.1) is 0 Å². The lowest BCUT2D eigenvalue weighted by Gasteiger charge is -2.06. The summed E-state index contributed by atoms with van der Waals surface area (Å²) >= 11 is 5.79. The summed E-state index contributed by atoms with van der Waals surface area (Å²) in [6.07, 6.45) is 2.52. The molecule has 0 aromatic carbocycles. The van der Waals surface area contributed by atoms with Gasteiger partial charge < -0.3 is 5.73 Å². The van der Waals surface area contributed by atoms with Gasteiger partial charge >= 0.3 is 0 Å². The molecule has 7 nitrogen and oxygen atoms in total. The van der Waals surface area contributed by atoms with Crippen LogP contribution in [0.3, 0.4) is 0 Å². The number of nitrogens with one attached hydrogen (secondary N) is 2. The SMILES string of the molecule is Nc1[nH]ncc1S(=O)(=O)Nc1ncccc1Cl. The predicted octanol–water partition coefficient (Wildman–Crippen LogP) is 0.841. The van der Waals surface area contributed by atoms with Gasteiger partial charge in [-0.25, -0.2) is 13.4 Å². The van der Waals surface area contributed by atoms with E-state index in [0.29, 0.717) is 0 Å². The zero-order valence-electron chi connectivity index (χ0n) is 8.38. The first-order valence-corrected chi connectivity index (χ1v) is 6.29. The number of anilines is 2. The van der Waals surface area contributed by atoms with Crippen LogP contribution in [0.2, 0.25) is 5.02 Å². The molecule has 2 heterocycles. The van der Waals surface area contributed by atoms with Crippen LogP contribution < -0.4 is 10.5 Å². The summed E-state index contributed by atoms with van der Waals surface area (Å²) in [5.74, 6) is -0.0145. The van der Waals surface area contributed by atoms with Crippen molar-refractivity contribution in [3.63, 3.8) is 0 Å². The number of sulfonamides is 1. The maximum absolute atomic E-state index is 11.9. The van der Waals surface area contributed by atoms with Gasteiger partial charge in [-0.05, 0) is 12.1 Å². The van der Waals surface area contributed by atoms with Gasteiger partial charge in [0.2, 0.25) is 0 Å². The lowest BCUT2D eigenvalue weighted by molar-refractivity contribution is 0.601. The Morgan fingerprint density at radius 1 is 1.47 bits per heavy atom. The number of nitrogens with zero attached hydrogens (tertiary/aromatic N) is 2. The molecule has 0 fully saturated rings. The van der Waals surface area contributed by atoms with Crippen molar-refractivity contribution in [2.45, 2.75) is 4.90 Å². The molecule has 0 aliphatic carbocycles. The van der Waals surface area contributed by atoms with E-state index in [9.17, 15) is 8.42 Å². The molecular weight excluding hydrogens is 266 g/mol. The molecule has 0 aliphatic rings. The third kappa shape index (κ3) is 2.32. The Morgan fingerprint density at radius 3 is 2.82 bits per heavy atom. The smallest absolute Gasteiger partial charge is 0.268 e. The summed E-state index contributed by atoms with van der Waals surface area (Å²) in [4.78, 5) is 3.66. The molecule has 2 rings (SSSR count). The third-order valence-corrected chi connectivity index (χ3v) is 3.58. The fraction of sp³-hybridized carbons (Fsp3) is 0. The molecule has 9 heteroatoms. The van der Waals surface area contributed by atoms with Crippen molar-refractivity contribution >= 4 is 33.3 Å². The van der Waals surface area contributed by atoms with Crippen molar-refractivity contribution in [3.05, 3.63) is 29.5 Å². The zero-order chi connectivity index (χ0) is 12.5. The van der Waals surface area contributed by atoms with Gasteiger partial charge in [0.15, 0.2) is 5.82 Å². The van der Waals surface area contributed by atoms with Gasteiger partial charge in [-0.2, -0.15) is 5.10 Å². The number of aromatic nitrogens is 3. The van der Waals surface area contributed by atoms with Crippen molar-refractivity contribution < 1.29 is 8.42 Å². The average Bonchev–Trinajstić information content (AvgIpc) is 2.68. The van der Waals surface area contributed by atoms with Crippen LogP contribution in [0.5, 0.6) is 0 Å². The number of hydrogen-bond donors (Lipinski definition) is 3. The lowest BCUT2D eigenvalue weighted by Crippen LogP contribution is -2.15. The van der Waals surface area contributed by atoms with Crippen LogP contribution in [0.15, 0.2) is 29.4 Å². The molecule has 4 N–H and O–H groups in total. The van der Waals surface area contributed by atoms with Crippen molar-refractivity contribution in [3.8, 4) is 0 Å². The largest absolute Gasteiger partial charge is 0.383 e. The number of hydrogen-bond acceptors (Lipinski definition) is 5. The molecule has 17 heavy (non-hydrogen) atoms. The van der Waals surface area contributed by atoms with Gasteiger partial charge in [0.1, 0.15) is 10.7 Å². The first kappa shape index (κ1) is 11.7. The fourth-order valence-corrected chi connectivity index (χ4v) is 2.42. The number of pyridine rings is 1. The molecule has 90 valence electrons. The van der Waals surface area contributed by atoms with Gasteiger partial charge in [0.25, 0.3) is 10.0 Å². The van der Waals surface area contributed by atoms with E-state index in [0.717, 1.165) is 6.20 Å². The average molecular weight is 274 g/mol. The Balaban J connectivity index is 2.37. The van der Waals surface area contributed by atoms with E-state index in [1.165, 1.54) is 12.3 Å². The topological polar surface area (TPSA) is 114 Å². The molecule has 0 spiro atoms. The lowest BCUT2D eigenvalue weighted by atomic mass is 10.5. The highest BCUT2D eigenvalue weighted by Crippen LogP contribution is 2.22. The van der Waals surface area contributed by atoms with Crippen LogP contribution >= 0.6 is 11.6 Å². The molecule has 0 saturated carbocycles. The van der Waals surface area contributed by atoms with Crippen LogP contribution in [0.25, 0.3) is 0 Å². The minimum atomic E-state index is -3.84. The molecule has 0 bridgehead atoms. The fourth-order valence-electron chi connectivity index (χ4n) is 1.14. The van der Waals surface area contributed by atoms with Gasteiger partial charge in [0.05, 0.1) is 11.2 Å². The summed E-state index contributed by atoms with van der Waals surface area (Å²) in [5.41, 5.74) is 5.43. The molecule has 2 aromatic rings. The van der Waals surface area contributed by atoms with Crippen LogP contribution in [0, 0.1) is 0 Å². The maximum atomic E-state index is 11.9. The molecule has 0 saturated heterocycles. The molecule has 0 amide bonds. The Morgan fingerprint density at radius 2 is 2.24 bits per heavy atom. The van der Waals surface area contributed by atoms with E-state index in [4.69, 9.17) is 17.3 Å². The number of rotatable bonds is 3. The summed E-state index contributed by atoms with van der Waals surface area (Å²) < 4.78 is 26.0. The van der Waals surface area contributed by atoms with E-state index in [1.807, 2.05) is 0 Å². The number of aromatic amines is 1. The minimum absolute atomic E-state index is 0.0368. The van der Waals surface area contributed by atoms with E-state index < -0.39 is 10.0 Å². The van der Waals surface area contributed by atoms with E-state index in [1.54, 1.807) is 6.07 Å². The monoisotopic (exact) mass is 273 g/mol. The summed E-state index contributed by atoms with van der Waals surface area (Å²) in [5, 5.41) is 6.05. The molecule has 0 atom stereocenters. The van der Waals surface area contributed by atoms with Crippen molar-refractivity contribution in [1.29, 1.82) is 0 Å². The Kier molecular flexibility index (Phi) is 2.90. The number of nitrogen functional groups attached to an aromatic ring is 1. The Hall–Kier alpha value is -1.80. The van der Waals surface area contributed by atoms with Gasteiger partial charge in [-0.3, -0.25) is 9.82 Å². The quantitative estimate of drug-likeness (QED) is 0.767. The molecule has 0 unspecified atom stereocenters. The first-order valence-electron chi connectivity index (χ1n) is 4.43. The Bertz CT molecular complexity index is 639. The Labute approximate surface area is 102 Å². The summed E-state index contributed by atoms with van der Waals surface area (Å²) in [6.45, 7) is 0. The molecular formula is C8H8ClN5O2S. The van der Waals surface area contributed by atoms with Crippen LogP contribution in [0.4, 0.5) is 11.6 Å². The first-order chi connectivity index (χ1) is 8.00. The number of halogens is 1. The van der Waals surface area contributed by atoms with Crippen molar-refractivity contribution in [2.24, 2.45) is 0 Å². The molecule has 2 aromatic heterocycles. The maximum Gasteiger partial charge on any atom is 0.268 e. The number of H-pyrrole nitrogens is 1. The third-order valence-electron chi connectivity index (χ3n) is 1.91. The second kappa shape index (κ2) is 4.22. The summed E-state index contributed by atoms with van der Waals surface area (Å²) in [6, 6.07) is 3.11. The van der Waals surface area contributed by atoms with Crippen molar-refractivity contribution in [1.82, 2.24) is 15.2 Å². The molecule has 0 aliphatic heterocycles. The highest BCUT2D eigenvalue weighted by atomic mass is 35.5. The van der Waals surface area contributed by atoms with Gasteiger partial charge in [0, 0.05) is 6.20 Å². The van der Waals surface area contributed by atoms with Crippen LogP contribution in [-0.4, -0.2) is 23.6 Å². The minimum Gasteiger partial charge on any atom is -0.383 e. The highest BCUT2D eigenvalue weighted by Gasteiger charge is 2.20. The highest BCUT2D eigenvalue weighted by molar-refractivity contribution is 7.92. The second-order valence-electron chi connectivity index (χ2n) is 3.09. The zero-order valence-corrected chi connectivity index (χ0v) is 9.96. The van der Waals surface area contributed by atoms with Crippen LogP contribution in [0.1, 0.15) is 0 Å². The molecule has 0 radical (unpaired) electrons. The predicted molar refractivity (Wildman–Crippen MR) is 63.1 cm³/mol. The van der Waals surface area contributed by atoms with E-state index >= 15 is 0 Å². The summed E-state index contributed by atoms with van der Waals surface area (Å²) in [7, 11) is -3.84. The van der Waals surface area contributed by atoms with Gasteiger partial charge in [-0.1, -0.05) is 11.6 Å². The second-order valence-corrected chi connectivity index (χ2v) is 5.15. The normalized spacial score (nSPS) is 11.4. The standard InChI is InChI=1S/C8H8ClN5O2S/c9-5-2-1-3-11-8(5)14-17(15,16)6-4-12-13-7(6)10/h1-4H,(H,11,14)(H3,10,12,13). The number of nitrogens with two attached hydrogens (primary N) is 1. The van der Waals surface area contributed by atoms with E-state index in [-0.39, 0.29) is 21.6 Å². The van der Waals surface area contributed by atoms with E-state index in [2.05, 4.69) is 19.9 Å². The van der Waals surface area contributed by atoms with Crippen LogP contribution in [-0.2, 0) is 10.0 Å².